The van der Waals surface area contributed by atoms with E-state index >= 15 is 0 Å². The molecule has 6 nitrogen and oxygen atoms in total. The molecule has 1 saturated heterocycles. The Hall–Kier alpha value is -1.89. The van der Waals surface area contributed by atoms with Crippen molar-refractivity contribution >= 4 is 21.7 Å². The summed E-state index contributed by atoms with van der Waals surface area (Å²) in [6.07, 6.45) is 5.89. The number of hydrogen-bond acceptors (Lipinski definition) is 4. The summed E-state index contributed by atoms with van der Waals surface area (Å²) < 4.78 is 24.7. The van der Waals surface area contributed by atoms with Crippen molar-refractivity contribution in [3.8, 4) is 0 Å². The lowest BCUT2D eigenvalue weighted by atomic mass is 9.96. The van der Waals surface area contributed by atoms with Crippen molar-refractivity contribution in [2.45, 2.75) is 57.3 Å². The SMILES string of the molecule is CCCCCCNC(=O)C1CCCN(C(=O)c2ccccc2S(=O)(=O)CC)C1. The van der Waals surface area contributed by atoms with E-state index in [1.54, 1.807) is 30.0 Å². The lowest BCUT2D eigenvalue weighted by Gasteiger charge is -2.32. The first-order valence-electron chi connectivity index (χ1n) is 10.3. The minimum Gasteiger partial charge on any atom is -0.356 e. The molecule has 1 aliphatic heterocycles. The van der Waals surface area contributed by atoms with Gasteiger partial charge in [-0.1, -0.05) is 45.2 Å². The highest BCUT2D eigenvalue weighted by Gasteiger charge is 2.31. The number of carbonyl (C=O) groups is 2. The molecule has 0 saturated carbocycles. The molecule has 0 aliphatic carbocycles. The van der Waals surface area contributed by atoms with Gasteiger partial charge in [0.1, 0.15) is 0 Å². The highest BCUT2D eigenvalue weighted by atomic mass is 32.2. The van der Waals surface area contributed by atoms with Gasteiger partial charge in [-0.15, -0.1) is 0 Å². The van der Waals surface area contributed by atoms with Gasteiger partial charge in [-0.05, 0) is 31.4 Å². The molecule has 0 bridgehead atoms. The minimum absolute atomic E-state index is 0.0107. The summed E-state index contributed by atoms with van der Waals surface area (Å²) in [5.41, 5.74) is 0.199. The number of likely N-dealkylation sites (tertiary alicyclic amines) is 1. The second kappa shape index (κ2) is 10.6. The van der Waals surface area contributed by atoms with E-state index in [-0.39, 0.29) is 33.9 Å². The molecule has 1 heterocycles. The van der Waals surface area contributed by atoms with Crippen LogP contribution < -0.4 is 5.32 Å². The Morgan fingerprint density at radius 1 is 1.14 bits per heavy atom. The van der Waals surface area contributed by atoms with Crippen LogP contribution in [0.15, 0.2) is 29.2 Å². The van der Waals surface area contributed by atoms with E-state index in [1.165, 1.54) is 12.5 Å². The van der Waals surface area contributed by atoms with Crippen LogP contribution in [-0.4, -0.2) is 50.5 Å². The maximum Gasteiger partial charge on any atom is 0.255 e. The molecule has 1 unspecified atom stereocenters. The number of unbranched alkanes of at least 4 members (excludes halogenated alkanes) is 3. The van der Waals surface area contributed by atoms with Gasteiger partial charge < -0.3 is 10.2 Å². The second-order valence-electron chi connectivity index (χ2n) is 7.34. The number of nitrogens with zero attached hydrogens (tertiary/aromatic N) is 1. The predicted octanol–water partition coefficient (Wildman–Crippen LogP) is 3.03. The molecule has 1 fully saturated rings. The van der Waals surface area contributed by atoms with Gasteiger partial charge in [-0.2, -0.15) is 0 Å². The molecule has 1 aromatic rings. The van der Waals surface area contributed by atoms with Crippen LogP contribution in [0.2, 0.25) is 0 Å². The number of nitrogens with one attached hydrogen (secondary N) is 1. The quantitative estimate of drug-likeness (QED) is 0.637. The van der Waals surface area contributed by atoms with Crippen LogP contribution >= 0.6 is 0 Å². The standard InChI is InChI=1S/C21H32N2O4S/c1-3-5-6-9-14-22-20(24)17-11-10-15-23(16-17)21(25)18-12-7-8-13-19(18)28(26,27)4-2/h7-8,12-13,17H,3-6,9-11,14-16H2,1-2H3,(H,22,24). The zero-order valence-electron chi connectivity index (χ0n) is 16.9. The van der Waals surface area contributed by atoms with Crippen LogP contribution in [-0.2, 0) is 14.6 Å². The fourth-order valence-electron chi connectivity index (χ4n) is 3.52. The van der Waals surface area contributed by atoms with E-state index in [4.69, 9.17) is 0 Å². The summed E-state index contributed by atoms with van der Waals surface area (Å²) in [4.78, 5) is 27.2. The van der Waals surface area contributed by atoms with Gasteiger partial charge in [0.25, 0.3) is 5.91 Å². The highest BCUT2D eigenvalue weighted by Crippen LogP contribution is 2.23. The molecule has 2 rings (SSSR count). The van der Waals surface area contributed by atoms with Crippen molar-refractivity contribution in [1.82, 2.24) is 10.2 Å². The fraction of sp³-hybridized carbons (Fsp3) is 0.619. The van der Waals surface area contributed by atoms with Crippen LogP contribution in [0.1, 0.15) is 62.7 Å². The normalized spacial score (nSPS) is 17.4. The van der Waals surface area contributed by atoms with Crippen molar-refractivity contribution in [2.75, 3.05) is 25.4 Å². The molecule has 28 heavy (non-hydrogen) atoms. The molecular weight excluding hydrogens is 376 g/mol. The second-order valence-corrected chi connectivity index (χ2v) is 9.59. The maximum absolute atomic E-state index is 13.0. The van der Waals surface area contributed by atoms with Crippen molar-refractivity contribution < 1.29 is 18.0 Å². The molecule has 156 valence electrons. The van der Waals surface area contributed by atoms with Crippen LogP contribution in [0.4, 0.5) is 0 Å². The maximum atomic E-state index is 13.0. The Bertz CT molecular complexity index is 776. The van der Waals surface area contributed by atoms with E-state index in [9.17, 15) is 18.0 Å². The van der Waals surface area contributed by atoms with Crippen molar-refractivity contribution in [3.05, 3.63) is 29.8 Å². The Morgan fingerprint density at radius 3 is 2.61 bits per heavy atom. The smallest absolute Gasteiger partial charge is 0.255 e. The average molecular weight is 409 g/mol. The van der Waals surface area contributed by atoms with Gasteiger partial charge in [0.2, 0.25) is 5.91 Å². The van der Waals surface area contributed by atoms with Crippen LogP contribution in [0, 0.1) is 5.92 Å². The van der Waals surface area contributed by atoms with E-state index < -0.39 is 9.84 Å². The Morgan fingerprint density at radius 2 is 1.89 bits per heavy atom. The molecular formula is C21H32N2O4S. The van der Waals surface area contributed by atoms with Gasteiger partial charge in [0.15, 0.2) is 9.84 Å². The van der Waals surface area contributed by atoms with Gasteiger partial charge >= 0.3 is 0 Å². The topological polar surface area (TPSA) is 83.6 Å². The Balaban J connectivity index is 2.03. The molecule has 1 aliphatic rings. The van der Waals surface area contributed by atoms with Crippen molar-refractivity contribution in [2.24, 2.45) is 5.92 Å². The molecule has 0 spiro atoms. The van der Waals surface area contributed by atoms with Crippen molar-refractivity contribution in [1.29, 1.82) is 0 Å². The van der Waals surface area contributed by atoms with Gasteiger partial charge in [-0.25, -0.2) is 8.42 Å². The first-order valence-corrected chi connectivity index (χ1v) is 11.9. The highest BCUT2D eigenvalue weighted by molar-refractivity contribution is 7.91. The molecule has 1 aromatic carbocycles. The molecule has 7 heteroatoms. The van der Waals surface area contributed by atoms with Crippen LogP contribution in [0.5, 0.6) is 0 Å². The average Bonchev–Trinajstić information content (AvgIpc) is 2.73. The van der Waals surface area contributed by atoms with E-state index in [0.717, 1.165) is 32.1 Å². The largest absolute Gasteiger partial charge is 0.356 e. The third kappa shape index (κ3) is 5.80. The summed E-state index contributed by atoms with van der Waals surface area (Å²) in [6, 6.07) is 6.34. The number of piperidine rings is 1. The molecule has 0 radical (unpaired) electrons. The summed E-state index contributed by atoms with van der Waals surface area (Å²) in [6.45, 7) is 5.26. The summed E-state index contributed by atoms with van der Waals surface area (Å²) in [7, 11) is -3.49. The fourth-order valence-corrected chi connectivity index (χ4v) is 4.61. The summed E-state index contributed by atoms with van der Waals surface area (Å²) >= 11 is 0. The van der Waals surface area contributed by atoms with E-state index in [1.807, 2.05) is 0 Å². The van der Waals surface area contributed by atoms with Crippen LogP contribution in [0.25, 0.3) is 0 Å². The lowest BCUT2D eigenvalue weighted by molar-refractivity contribution is -0.126. The molecule has 2 amide bonds. The number of amides is 2. The molecule has 1 atom stereocenters. The van der Waals surface area contributed by atoms with Gasteiger partial charge in [0, 0.05) is 19.6 Å². The number of rotatable bonds is 9. The monoisotopic (exact) mass is 408 g/mol. The zero-order valence-corrected chi connectivity index (χ0v) is 17.8. The third-order valence-electron chi connectivity index (χ3n) is 5.24. The lowest BCUT2D eigenvalue weighted by Crippen LogP contribution is -2.45. The zero-order chi connectivity index (χ0) is 20.6. The van der Waals surface area contributed by atoms with E-state index in [0.29, 0.717) is 19.6 Å². The summed E-state index contributed by atoms with van der Waals surface area (Å²) in [5, 5.41) is 2.98. The first-order chi connectivity index (χ1) is 13.4. The Kier molecular flexibility index (Phi) is 8.48. The number of hydrogen-bond donors (Lipinski definition) is 1. The first kappa shape index (κ1) is 22.4. The number of benzene rings is 1. The van der Waals surface area contributed by atoms with Gasteiger partial charge in [-0.3, -0.25) is 9.59 Å². The third-order valence-corrected chi connectivity index (χ3v) is 7.03. The van der Waals surface area contributed by atoms with Crippen LogP contribution in [0.3, 0.4) is 0 Å². The number of carbonyl (C=O) groups excluding carboxylic acids is 2. The van der Waals surface area contributed by atoms with Crippen molar-refractivity contribution in [3.63, 3.8) is 0 Å². The predicted molar refractivity (Wildman–Crippen MR) is 110 cm³/mol. The summed E-state index contributed by atoms with van der Waals surface area (Å²) in [5.74, 6) is -0.615. The molecule has 1 N–H and O–H groups in total. The molecule has 0 aromatic heterocycles. The van der Waals surface area contributed by atoms with E-state index in [2.05, 4.69) is 12.2 Å². The van der Waals surface area contributed by atoms with Gasteiger partial charge in [0.05, 0.1) is 22.1 Å². The minimum atomic E-state index is -3.49. The Labute approximate surface area is 168 Å². The number of sulfone groups is 1.